The number of ether oxygens (including phenoxy) is 4. The van der Waals surface area contributed by atoms with E-state index >= 15 is 0 Å². The third-order valence-electron chi connectivity index (χ3n) is 9.09. The molecule has 3 aliphatic rings. The van der Waals surface area contributed by atoms with E-state index < -0.39 is 17.6 Å². The molecule has 3 fully saturated rings. The van der Waals surface area contributed by atoms with E-state index in [2.05, 4.69) is 41.5 Å². The van der Waals surface area contributed by atoms with Crippen LogP contribution in [0, 0.1) is 47.3 Å². The fraction of sp³-hybridized carbons (Fsp3) is 0.929. The van der Waals surface area contributed by atoms with E-state index in [9.17, 15) is 9.59 Å². The van der Waals surface area contributed by atoms with E-state index in [1.165, 1.54) is 20.6 Å². The molecule has 0 bridgehead atoms. The van der Waals surface area contributed by atoms with Crippen LogP contribution in [0.1, 0.15) is 86.5 Å². The fourth-order valence-electron chi connectivity index (χ4n) is 6.72. The van der Waals surface area contributed by atoms with Gasteiger partial charge in [-0.1, -0.05) is 54.4 Å². The molecule has 196 valence electrons. The van der Waals surface area contributed by atoms with Crippen molar-refractivity contribution < 1.29 is 28.5 Å². The van der Waals surface area contributed by atoms with E-state index in [1.54, 1.807) is 0 Å². The molecule has 8 atom stereocenters. The van der Waals surface area contributed by atoms with Crippen LogP contribution in [0.4, 0.5) is 0 Å². The van der Waals surface area contributed by atoms with Gasteiger partial charge in [0.1, 0.15) is 18.1 Å². The highest BCUT2D eigenvalue weighted by Gasteiger charge is 2.64. The Hall–Kier alpha value is -1.14. The SMILES string of the molecule is COC1(OC)C[C@H](C(=O)OC2C[C@H](C)CCC2C(C)C)[C@H]1C(=O)OC1C[C@H](C)CCC1C(C)C. The van der Waals surface area contributed by atoms with Crippen LogP contribution in [0.25, 0.3) is 0 Å². The molecule has 0 amide bonds. The summed E-state index contributed by atoms with van der Waals surface area (Å²) in [5, 5.41) is 0. The van der Waals surface area contributed by atoms with Gasteiger partial charge in [-0.3, -0.25) is 9.59 Å². The molecular weight excluding hydrogens is 432 g/mol. The largest absolute Gasteiger partial charge is 0.462 e. The minimum Gasteiger partial charge on any atom is -0.462 e. The smallest absolute Gasteiger partial charge is 0.315 e. The molecule has 4 unspecified atom stereocenters. The molecule has 0 aromatic rings. The summed E-state index contributed by atoms with van der Waals surface area (Å²) in [5.41, 5.74) is 0. The van der Waals surface area contributed by atoms with Gasteiger partial charge in [0.25, 0.3) is 0 Å². The highest BCUT2D eigenvalue weighted by atomic mass is 16.7. The van der Waals surface area contributed by atoms with Crippen LogP contribution in [-0.2, 0) is 28.5 Å². The van der Waals surface area contributed by atoms with Crippen LogP contribution in [0.15, 0.2) is 0 Å². The van der Waals surface area contributed by atoms with E-state index in [-0.39, 0.29) is 24.1 Å². The Morgan fingerprint density at radius 3 is 1.59 bits per heavy atom. The van der Waals surface area contributed by atoms with Crippen LogP contribution < -0.4 is 0 Å². The average molecular weight is 481 g/mol. The third kappa shape index (κ3) is 5.64. The summed E-state index contributed by atoms with van der Waals surface area (Å²) in [4.78, 5) is 26.9. The van der Waals surface area contributed by atoms with Gasteiger partial charge in [0.15, 0.2) is 5.79 Å². The van der Waals surface area contributed by atoms with Crippen molar-refractivity contribution in [1.29, 1.82) is 0 Å². The molecule has 0 heterocycles. The molecule has 3 saturated carbocycles. The second kappa shape index (κ2) is 11.3. The molecule has 0 radical (unpaired) electrons. The van der Waals surface area contributed by atoms with Gasteiger partial charge in [0.05, 0.1) is 5.92 Å². The average Bonchev–Trinajstić information content (AvgIpc) is 2.73. The lowest BCUT2D eigenvalue weighted by Crippen LogP contribution is -2.63. The maximum atomic E-state index is 13.5. The van der Waals surface area contributed by atoms with Crippen LogP contribution in [0.5, 0.6) is 0 Å². The number of hydrogen-bond acceptors (Lipinski definition) is 6. The summed E-state index contributed by atoms with van der Waals surface area (Å²) in [7, 11) is 3.06. The van der Waals surface area contributed by atoms with Crippen LogP contribution >= 0.6 is 0 Å². The zero-order valence-corrected chi connectivity index (χ0v) is 22.7. The van der Waals surface area contributed by atoms with Crippen LogP contribution in [0.2, 0.25) is 0 Å². The molecule has 0 saturated heterocycles. The molecule has 3 rings (SSSR count). The fourth-order valence-corrected chi connectivity index (χ4v) is 6.72. The maximum absolute atomic E-state index is 13.5. The Bertz CT molecular complexity index is 699. The first-order chi connectivity index (χ1) is 16.0. The topological polar surface area (TPSA) is 71.1 Å². The second-order valence-corrected chi connectivity index (χ2v) is 12.1. The quantitative estimate of drug-likeness (QED) is 0.332. The van der Waals surface area contributed by atoms with Crippen molar-refractivity contribution in [3.63, 3.8) is 0 Å². The van der Waals surface area contributed by atoms with Crippen molar-refractivity contribution in [2.24, 2.45) is 47.3 Å². The number of carbonyl (C=O) groups excluding carboxylic acids is 2. The molecule has 6 heteroatoms. The summed E-state index contributed by atoms with van der Waals surface area (Å²) in [5.74, 6) is -0.613. The monoisotopic (exact) mass is 480 g/mol. The third-order valence-corrected chi connectivity index (χ3v) is 9.09. The van der Waals surface area contributed by atoms with Gasteiger partial charge in [0.2, 0.25) is 0 Å². The minimum atomic E-state index is -1.13. The maximum Gasteiger partial charge on any atom is 0.315 e. The van der Waals surface area contributed by atoms with Gasteiger partial charge in [-0.15, -0.1) is 0 Å². The first kappa shape index (κ1) is 27.4. The van der Waals surface area contributed by atoms with Gasteiger partial charge in [0, 0.05) is 20.6 Å². The molecule has 6 nitrogen and oxygen atoms in total. The summed E-state index contributed by atoms with van der Waals surface area (Å²) < 4.78 is 23.6. The van der Waals surface area contributed by atoms with Crippen molar-refractivity contribution in [1.82, 2.24) is 0 Å². The molecule has 0 N–H and O–H groups in total. The lowest BCUT2D eigenvalue weighted by Gasteiger charge is -2.50. The van der Waals surface area contributed by atoms with E-state index in [0.29, 0.717) is 41.9 Å². The van der Waals surface area contributed by atoms with Gasteiger partial charge < -0.3 is 18.9 Å². The van der Waals surface area contributed by atoms with Gasteiger partial charge in [-0.25, -0.2) is 0 Å². The highest BCUT2D eigenvalue weighted by Crippen LogP contribution is 2.50. The standard InChI is InChI=1S/C28H48O6/c1-16(2)20-11-9-18(5)13-23(20)33-26(29)22-15-28(31-7,32-8)25(22)27(30)34-24-14-19(6)10-12-21(24)17(3)4/h16-25H,9-15H2,1-8H3/t18-,19-,20?,21?,22+,23?,24?,25+/m1/s1. The molecular formula is C28H48O6. The Kier molecular flexibility index (Phi) is 9.11. The molecule has 0 aromatic heterocycles. The van der Waals surface area contributed by atoms with Crippen molar-refractivity contribution in [2.45, 2.75) is 104 Å². The van der Waals surface area contributed by atoms with Crippen molar-refractivity contribution in [3.8, 4) is 0 Å². The zero-order valence-electron chi connectivity index (χ0n) is 22.7. The molecule has 0 aliphatic heterocycles. The number of rotatable bonds is 8. The second-order valence-electron chi connectivity index (χ2n) is 12.1. The number of methoxy groups -OCH3 is 2. The Labute approximate surface area is 206 Å². The van der Waals surface area contributed by atoms with Crippen LogP contribution in [0.3, 0.4) is 0 Å². The normalized spacial score (nSPS) is 37.8. The van der Waals surface area contributed by atoms with Gasteiger partial charge in [-0.05, 0) is 61.2 Å². The van der Waals surface area contributed by atoms with E-state index in [0.717, 1.165) is 32.1 Å². The Balaban J connectivity index is 1.74. The predicted molar refractivity (Wildman–Crippen MR) is 131 cm³/mol. The molecule has 3 aliphatic carbocycles. The lowest BCUT2D eigenvalue weighted by molar-refractivity contribution is -0.308. The summed E-state index contributed by atoms with van der Waals surface area (Å²) in [6.07, 6.45) is 6.27. The van der Waals surface area contributed by atoms with Gasteiger partial charge >= 0.3 is 11.9 Å². The van der Waals surface area contributed by atoms with Crippen molar-refractivity contribution in [2.75, 3.05) is 14.2 Å². The minimum absolute atomic E-state index is 0.0995. The number of esters is 2. The van der Waals surface area contributed by atoms with Crippen molar-refractivity contribution >= 4 is 11.9 Å². The van der Waals surface area contributed by atoms with Crippen LogP contribution in [-0.4, -0.2) is 44.2 Å². The molecule has 0 aromatic carbocycles. The summed E-state index contributed by atoms with van der Waals surface area (Å²) >= 11 is 0. The van der Waals surface area contributed by atoms with Crippen molar-refractivity contribution in [3.05, 3.63) is 0 Å². The van der Waals surface area contributed by atoms with E-state index in [4.69, 9.17) is 18.9 Å². The van der Waals surface area contributed by atoms with Gasteiger partial charge in [-0.2, -0.15) is 0 Å². The highest BCUT2D eigenvalue weighted by molar-refractivity contribution is 5.85. The first-order valence-corrected chi connectivity index (χ1v) is 13.5. The molecule has 34 heavy (non-hydrogen) atoms. The Morgan fingerprint density at radius 1 is 0.735 bits per heavy atom. The zero-order chi connectivity index (χ0) is 25.2. The lowest BCUT2D eigenvalue weighted by atomic mass is 9.67. The Morgan fingerprint density at radius 2 is 1.18 bits per heavy atom. The predicted octanol–water partition coefficient (Wildman–Crippen LogP) is 5.62. The first-order valence-electron chi connectivity index (χ1n) is 13.5. The number of carbonyl (C=O) groups is 2. The van der Waals surface area contributed by atoms with E-state index in [1.807, 2.05) is 0 Å². The molecule has 0 spiro atoms. The summed E-state index contributed by atoms with van der Waals surface area (Å²) in [6.45, 7) is 13.2. The summed E-state index contributed by atoms with van der Waals surface area (Å²) in [6, 6.07) is 0. The number of hydrogen-bond donors (Lipinski definition) is 0.